The van der Waals surface area contributed by atoms with Crippen molar-refractivity contribution in [3.8, 4) is 5.75 Å². The number of anilines is 1. The van der Waals surface area contributed by atoms with Crippen molar-refractivity contribution in [3.63, 3.8) is 0 Å². The fraction of sp³-hybridized carbons (Fsp3) is 0.429. The number of hydrogen-bond donors (Lipinski definition) is 2. The van der Waals surface area contributed by atoms with E-state index in [1.165, 1.54) is 4.68 Å². The first-order valence-electron chi connectivity index (χ1n) is 3.87. The molecule has 2 rings (SSSR count). The van der Waals surface area contributed by atoms with Crippen molar-refractivity contribution < 1.29 is 14.6 Å². The van der Waals surface area contributed by atoms with E-state index in [1.54, 1.807) is 7.05 Å². The number of aromatic nitrogens is 2. The van der Waals surface area contributed by atoms with Crippen molar-refractivity contribution in [1.82, 2.24) is 9.78 Å². The minimum absolute atomic E-state index is 0.0854. The Labute approximate surface area is 74.1 Å². The first-order chi connectivity index (χ1) is 6.20. The van der Waals surface area contributed by atoms with Crippen molar-refractivity contribution in [2.45, 2.75) is 0 Å². The van der Waals surface area contributed by atoms with Crippen LogP contribution in [-0.2, 0) is 7.05 Å². The van der Waals surface area contributed by atoms with E-state index in [-0.39, 0.29) is 5.69 Å². The SMILES string of the molecule is Cn1nc2c(c1C(=O)O)OCCN2. The molecular weight excluding hydrogens is 174 g/mol. The number of aryl methyl sites for hydroxylation is 1. The van der Waals surface area contributed by atoms with Crippen LogP contribution >= 0.6 is 0 Å². The summed E-state index contributed by atoms with van der Waals surface area (Å²) in [6.45, 7) is 1.13. The molecule has 0 aliphatic carbocycles. The fourth-order valence-electron chi connectivity index (χ4n) is 1.31. The van der Waals surface area contributed by atoms with E-state index in [2.05, 4.69) is 10.4 Å². The lowest BCUT2D eigenvalue weighted by Crippen LogP contribution is -2.18. The Hall–Kier alpha value is -1.72. The first-order valence-corrected chi connectivity index (χ1v) is 3.87. The van der Waals surface area contributed by atoms with Gasteiger partial charge < -0.3 is 15.2 Å². The number of ether oxygens (including phenoxy) is 1. The number of rotatable bonds is 1. The molecule has 0 fully saturated rings. The monoisotopic (exact) mass is 183 g/mol. The summed E-state index contributed by atoms with van der Waals surface area (Å²) in [4.78, 5) is 10.8. The molecule has 0 radical (unpaired) electrons. The number of nitrogens with zero attached hydrogens (tertiary/aromatic N) is 2. The average molecular weight is 183 g/mol. The molecule has 0 saturated carbocycles. The molecule has 0 aromatic carbocycles. The van der Waals surface area contributed by atoms with E-state index in [0.717, 1.165) is 0 Å². The van der Waals surface area contributed by atoms with E-state index >= 15 is 0 Å². The molecule has 6 heteroatoms. The first kappa shape index (κ1) is 7.90. The second kappa shape index (κ2) is 2.65. The van der Waals surface area contributed by atoms with Crippen LogP contribution in [0.1, 0.15) is 10.5 Å². The number of nitrogens with one attached hydrogen (secondary N) is 1. The van der Waals surface area contributed by atoms with Crippen LogP contribution in [0.4, 0.5) is 5.82 Å². The fourth-order valence-corrected chi connectivity index (χ4v) is 1.31. The van der Waals surface area contributed by atoms with E-state index < -0.39 is 5.97 Å². The van der Waals surface area contributed by atoms with Crippen molar-refractivity contribution in [2.75, 3.05) is 18.5 Å². The van der Waals surface area contributed by atoms with Gasteiger partial charge in [-0.05, 0) is 0 Å². The van der Waals surface area contributed by atoms with Gasteiger partial charge in [0.15, 0.2) is 17.3 Å². The minimum atomic E-state index is -1.03. The molecule has 0 atom stereocenters. The molecule has 0 bridgehead atoms. The lowest BCUT2D eigenvalue weighted by molar-refractivity contribution is 0.0680. The summed E-state index contributed by atoms with van der Waals surface area (Å²) in [5, 5.41) is 15.8. The molecule has 0 saturated heterocycles. The third-order valence-electron chi connectivity index (χ3n) is 1.85. The molecule has 1 aromatic rings. The van der Waals surface area contributed by atoms with Gasteiger partial charge in [0.1, 0.15) is 6.61 Å². The van der Waals surface area contributed by atoms with Gasteiger partial charge >= 0.3 is 5.97 Å². The van der Waals surface area contributed by atoms with Crippen LogP contribution < -0.4 is 10.1 Å². The number of fused-ring (bicyclic) bond motifs is 1. The number of carboxylic acid groups (broad SMARTS) is 1. The summed E-state index contributed by atoms with van der Waals surface area (Å²) in [6, 6.07) is 0. The van der Waals surface area contributed by atoms with Gasteiger partial charge in [0.25, 0.3) is 0 Å². The second-order valence-corrected chi connectivity index (χ2v) is 2.73. The smallest absolute Gasteiger partial charge is 0.358 e. The van der Waals surface area contributed by atoms with Crippen molar-refractivity contribution in [3.05, 3.63) is 5.69 Å². The Bertz CT molecular complexity index is 358. The van der Waals surface area contributed by atoms with Gasteiger partial charge in [-0.2, -0.15) is 5.10 Å². The van der Waals surface area contributed by atoms with Gasteiger partial charge in [0.2, 0.25) is 0 Å². The highest BCUT2D eigenvalue weighted by Crippen LogP contribution is 2.29. The summed E-state index contributed by atoms with van der Waals surface area (Å²) in [6.07, 6.45) is 0. The lowest BCUT2D eigenvalue weighted by Gasteiger charge is -2.13. The summed E-state index contributed by atoms with van der Waals surface area (Å²) in [7, 11) is 1.58. The Kier molecular flexibility index (Phi) is 1.61. The Morgan fingerprint density at radius 2 is 2.54 bits per heavy atom. The van der Waals surface area contributed by atoms with Crippen molar-refractivity contribution in [2.24, 2.45) is 7.05 Å². The molecule has 2 N–H and O–H groups in total. The van der Waals surface area contributed by atoms with Crippen LogP contribution in [0.3, 0.4) is 0 Å². The quantitative estimate of drug-likeness (QED) is 0.637. The number of aromatic carboxylic acids is 1. The Balaban J connectivity index is 2.54. The molecule has 0 amide bonds. The third kappa shape index (κ3) is 1.10. The molecule has 0 spiro atoms. The van der Waals surface area contributed by atoms with Gasteiger partial charge in [-0.1, -0.05) is 0 Å². The maximum atomic E-state index is 10.8. The molecule has 2 heterocycles. The second-order valence-electron chi connectivity index (χ2n) is 2.73. The zero-order valence-electron chi connectivity index (χ0n) is 7.07. The van der Waals surface area contributed by atoms with Gasteiger partial charge in [-0.3, -0.25) is 4.68 Å². The molecule has 6 nitrogen and oxygen atoms in total. The maximum Gasteiger partial charge on any atom is 0.358 e. The molecule has 1 aliphatic heterocycles. The summed E-state index contributed by atoms with van der Waals surface area (Å²) >= 11 is 0. The molecule has 70 valence electrons. The number of hydrogen-bond acceptors (Lipinski definition) is 4. The van der Waals surface area contributed by atoms with Crippen LogP contribution in [0.5, 0.6) is 5.75 Å². The zero-order valence-corrected chi connectivity index (χ0v) is 7.07. The summed E-state index contributed by atoms with van der Waals surface area (Å²) in [5.74, 6) is -0.188. The van der Waals surface area contributed by atoms with E-state index in [1.807, 2.05) is 0 Å². The normalized spacial score (nSPS) is 14.2. The number of carbonyl (C=O) groups is 1. The molecule has 1 aliphatic rings. The number of carboxylic acids is 1. The average Bonchev–Trinajstić information content (AvgIpc) is 2.39. The predicted octanol–water partition coefficient (Wildman–Crippen LogP) is -0.0774. The zero-order chi connectivity index (χ0) is 9.42. The van der Waals surface area contributed by atoms with E-state index in [0.29, 0.717) is 24.7 Å². The standard InChI is InChI=1S/C7H9N3O3/c1-10-4(7(11)12)5-6(9-10)8-2-3-13-5/h2-3H2,1H3,(H,8,9)(H,11,12). The van der Waals surface area contributed by atoms with Gasteiger partial charge in [0, 0.05) is 7.05 Å². The summed E-state index contributed by atoms with van der Waals surface area (Å²) in [5.41, 5.74) is 0.0854. The highest BCUT2D eigenvalue weighted by atomic mass is 16.5. The van der Waals surface area contributed by atoms with Gasteiger partial charge in [0.05, 0.1) is 6.54 Å². The van der Waals surface area contributed by atoms with Crippen LogP contribution in [0.15, 0.2) is 0 Å². The Morgan fingerprint density at radius 1 is 1.77 bits per heavy atom. The predicted molar refractivity (Wildman–Crippen MR) is 44.2 cm³/mol. The molecular formula is C7H9N3O3. The third-order valence-corrected chi connectivity index (χ3v) is 1.85. The highest BCUT2D eigenvalue weighted by Gasteiger charge is 2.25. The van der Waals surface area contributed by atoms with Crippen LogP contribution in [0, 0.1) is 0 Å². The molecule has 0 unspecified atom stereocenters. The van der Waals surface area contributed by atoms with Crippen LogP contribution in [-0.4, -0.2) is 34.0 Å². The van der Waals surface area contributed by atoms with Crippen molar-refractivity contribution in [1.29, 1.82) is 0 Å². The largest absolute Gasteiger partial charge is 0.485 e. The van der Waals surface area contributed by atoms with Crippen LogP contribution in [0.2, 0.25) is 0 Å². The Morgan fingerprint density at radius 3 is 3.23 bits per heavy atom. The maximum absolute atomic E-state index is 10.8. The lowest BCUT2D eigenvalue weighted by atomic mass is 10.3. The van der Waals surface area contributed by atoms with Crippen LogP contribution in [0.25, 0.3) is 0 Å². The van der Waals surface area contributed by atoms with Gasteiger partial charge in [-0.25, -0.2) is 4.79 Å². The molecule has 13 heavy (non-hydrogen) atoms. The van der Waals surface area contributed by atoms with Crippen molar-refractivity contribution >= 4 is 11.8 Å². The van der Waals surface area contributed by atoms with Gasteiger partial charge in [-0.15, -0.1) is 0 Å². The van der Waals surface area contributed by atoms with E-state index in [4.69, 9.17) is 9.84 Å². The topological polar surface area (TPSA) is 76.4 Å². The van der Waals surface area contributed by atoms with E-state index in [9.17, 15) is 4.79 Å². The minimum Gasteiger partial charge on any atom is -0.485 e. The highest BCUT2D eigenvalue weighted by molar-refractivity contribution is 5.91. The summed E-state index contributed by atoms with van der Waals surface area (Å²) < 4.78 is 6.51. The molecule has 1 aromatic heterocycles.